The van der Waals surface area contributed by atoms with E-state index in [9.17, 15) is 26.3 Å². The van der Waals surface area contributed by atoms with E-state index in [4.69, 9.17) is 0 Å². The number of aromatic nitrogens is 2. The number of aromatic amines is 2. The van der Waals surface area contributed by atoms with Crippen molar-refractivity contribution in [1.82, 2.24) is 9.97 Å². The Kier molecular flexibility index (Phi) is 6.08. The summed E-state index contributed by atoms with van der Waals surface area (Å²) in [5.41, 5.74) is -0.483. The molecule has 0 saturated carbocycles. The van der Waals surface area contributed by atoms with Gasteiger partial charge in [0.25, 0.3) is 0 Å². The Morgan fingerprint density at radius 1 is 0.714 bits per heavy atom. The van der Waals surface area contributed by atoms with E-state index < -0.39 is 23.5 Å². The van der Waals surface area contributed by atoms with Gasteiger partial charge in [-0.05, 0) is 74.9 Å². The molecule has 2 N–H and O–H groups in total. The Morgan fingerprint density at radius 2 is 1.37 bits per heavy atom. The van der Waals surface area contributed by atoms with E-state index in [1.54, 1.807) is 20.8 Å². The fourth-order valence-electron chi connectivity index (χ4n) is 3.76. The Bertz CT molecular complexity index is 1460. The lowest BCUT2D eigenvalue weighted by Crippen LogP contribution is -2.27. The molecular formula is C25H20F6N4. The average Bonchev–Trinajstić information content (AvgIpc) is 3.54. The summed E-state index contributed by atoms with van der Waals surface area (Å²) in [4.78, 5) is 13.3. The van der Waals surface area contributed by atoms with Gasteiger partial charge in [0.2, 0.25) is 0 Å². The van der Waals surface area contributed by atoms with E-state index >= 15 is 0 Å². The van der Waals surface area contributed by atoms with Gasteiger partial charge in [-0.3, -0.25) is 4.99 Å². The lowest BCUT2D eigenvalue weighted by molar-refractivity contribution is -0.0699. The minimum absolute atomic E-state index is 0.194. The largest absolute Gasteiger partial charge is 0.420 e. The molecule has 2 aliphatic heterocycles. The van der Waals surface area contributed by atoms with Crippen molar-refractivity contribution < 1.29 is 26.3 Å². The molecule has 182 valence electrons. The van der Waals surface area contributed by atoms with Crippen LogP contribution in [0, 0.1) is 0 Å². The molecule has 4 heterocycles. The number of aliphatic imine (C=N–C) groups is 2. The van der Waals surface area contributed by atoms with Crippen molar-refractivity contribution >= 4 is 28.6 Å². The van der Waals surface area contributed by atoms with Gasteiger partial charge in [0.1, 0.15) is 11.1 Å². The normalized spacial score (nSPS) is 18.9. The van der Waals surface area contributed by atoms with Crippen LogP contribution >= 0.6 is 0 Å². The van der Waals surface area contributed by atoms with Gasteiger partial charge in [-0.25, -0.2) is 4.99 Å². The predicted octanol–water partition coefficient (Wildman–Crippen LogP) is 5.49. The molecule has 0 fully saturated rings. The number of alkyl halides is 6. The summed E-state index contributed by atoms with van der Waals surface area (Å²) in [5, 5.41) is 0.126. The van der Waals surface area contributed by atoms with Crippen molar-refractivity contribution in [1.29, 1.82) is 0 Å². The number of halogens is 6. The Hall–Kier alpha value is -3.82. The first kappa shape index (κ1) is 24.3. The highest BCUT2D eigenvalue weighted by Crippen LogP contribution is 2.38. The van der Waals surface area contributed by atoms with E-state index in [1.165, 1.54) is 54.8 Å². The molecule has 0 bridgehead atoms. The molecule has 0 amide bonds. The molecule has 2 aromatic rings. The number of hydrogen-bond donors (Lipinski definition) is 2. The molecule has 0 saturated heterocycles. The van der Waals surface area contributed by atoms with Crippen molar-refractivity contribution in [2.45, 2.75) is 33.1 Å². The molecule has 0 aliphatic carbocycles. The fraction of sp³-hybridized carbons (Fsp3) is 0.200. The first-order chi connectivity index (χ1) is 16.4. The zero-order valence-corrected chi connectivity index (χ0v) is 18.9. The van der Waals surface area contributed by atoms with Gasteiger partial charge in [0, 0.05) is 17.3 Å². The molecule has 0 unspecified atom stereocenters. The maximum absolute atomic E-state index is 13.9. The van der Waals surface area contributed by atoms with E-state index in [1.807, 2.05) is 0 Å². The molecule has 2 aromatic heterocycles. The average molecular weight is 490 g/mol. The van der Waals surface area contributed by atoms with Crippen molar-refractivity contribution in [3.8, 4) is 0 Å². The summed E-state index contributed by atoms with van der Waals surface area (Å²) in [6.07, 6.45) is -2.58. The van der Waals surface area contributed by atoms with Crippen LogP contribution in [-0.4, -0.2) is 34.2 Å². The van der Waals surface area contributed by atoms with Crippen molar-refractivity contribution in [3.63, 3.8) is 0 Å². The smallest absolute Gasteiger partial charge is 0.355 e. The number of H-pyrrole nitrogens is 2. The van der Waals surface area contributed by atoms with Crippen LogP contribution in [-0.2, 0) is 0 Å². The van der Waals surface area contributed by atoms with Crippen LogP contribution in [0.2, 0.25) is 0 Å². The summed E-state index contributed by atoms with van der Waals surface area (Å²) < 4.78 is 82.9. The zero-order chi connectivity index (χ0) is 25.5. The van der Waals surface area contributed by atoms with Crippen LogP contribution in [0.1, 0.15) is 32.2 Å². The second-order valence-corrected chi connectivity index (χ2v) is 8.18. The third-order valence-corrected chi connectivity index (χ3v) is 5.50. The Balaban J connectivity index is 1.83. The lowest BCUT2D eigenvalue weighted by atomic mass is 10.1. The number of rotatable bonds is 3. The molecule has 0 spiro atoms. The van der Waals surface area contributed by atoms with Gasteiger partial charge < -0.3 is 9.97 Å². The van der Waals surface area contributed by atoms with Crippen molar-refractivity contribution in [2.24, 2.45) is 9.98 Å². The second-order valence-electron chi connectivity index (χ2n) is 8.18. The lowest BCUT2D eigenvalue weighted by Gasteiger charge is -2.11. The molecule has 0 atom stereocenters. The van der Waals surface area contributed by atoms with E-state index in [0.29, 0.717) is 22.3 Å². The highest BCUT2D eigenvalue weighted by Gasteiger charge is 2.39. The van der Waals surface area contributed by atoms with Gasteiger partial charge in [-0.1, -0.05) is 5.57 Å². The van der Waals surface area contributed by atoms with Crippen LogP contribution in [0.3, 0.4) is 0 Å². The Labute approximate surface area is 196 Å². The maximum atomic E-state index is 13.9. The Morgan fingerprint density at radius 3 is 1.94 bits per heavy atom. The number of nitrogens with one attached hydrogen (secondary N) is 2. The molecular weight excluding hydrogens is 470 g/mol. The van der Waals surface area contributed by atoms with E-state index in [-0.39, 0.29) is 22.5 Å². The van der Waals surface area contributed by atoms with Crippen LogP contribution < -0.4 is 10.7 Å². The predicted molar refractivity (Wildman–Crippen MR) is 124 cm³/mol. The molecule has 2 aliphatic rings. The number of nitrogens with zero attached hydrogens (tertiary/aromatic N) is 2. The third-order valence-electron chi connectivity index (χ3n) is 5.50. The molecule has 4 rings (SSSR count). The maximum Gasteiger partial charge on any atom is 0.420 e. The molecule has 10 heteroatoms. The third kappa shape index (κ3) is 4.87. The summed E-state index contributed by atoms with van der Waals surface area (Å²) in [5.74, 6) is 0. The summed E-state index contributed by atoms with van der Waals surface area (Å²) >= 11 is 0. The summed E-state index contributed by atoms with van der Waals surface area (Å²) in [6, 6.07) is 5.44. The van der Waals surface area contributed by atoms with E-state index in [0.717, 1.165) is 5.57 Å². The van der Waals surface area contributed by atoms with Crippen LogP contribution in [0.15, 0.2) is 75.5 Å². The number of hydrogen-bond acceptors (Lipinski definition) is 2. The van der Waals surface area contributed by atoms with Gasteiger partial charge in [0.05, 0.1) is 28.1 Å². The minimum atomic E-state index is -4.68. The van der Waals surface area contributed by atoms with Gasteiger partial charge in [-0.2, -0.15) is 26.3 Å². The number of allylic oxidation sites excluding steroid dienone is 6. The van der Waals surface area contributed by atoms with Crippen LogP contribution in [0.4, 0.5) is 26.3 Å². The highest BCUT2D eigenvalue weighted by atomic mass is 19.4. The van der Waals surface area contributed by atoms with Gasteiger partial charge in [0.15, 0.2) is 0 Å². The summed E-state index contributed by atoms with van der Waals surface area (Å²) in [6.45, 7) is 5.11. The summed E-state index contributed by atoms with van der Waals surface area (Å²) in [7, 11) is 0. The van der Waals surface area contributed by atoms with Gasteiger partial charge in [-0.15, -0.1) is 0 Å². The van der Waals surface area contributed by atoms with Crippen molar-refractivity contribution in [2.75, 3.05) is 0 Å². The van der Waals surface area contributed by atoms with Crippen LogP contribution in [0.5, 0.6) is 0 Å². The molecule has 0 radical (unpaired) electrons. The first-order valence-electron chi connectivity index (χ1n) is 10.5. The minimum Gasteiger partial charge on any atom is -0.355 e. The molecule has 4 nitrogen and oxygen atoms in total. The topological polar surface area (TPSA) is 56.3 Å². The van der Waals surface area contributed by atoms with Crippen LogP contribution in [0.25, 0.3) is 16.7 Å². The van der Waals surface area contributed by atoms with Gasteiger partial charge >= 0.3 is 12.4 Å². The molecule has 0 aromatic carbocycles. The van der Waals surface area contributed by atoms with Crippen molar-refractivity contribution in [3.05, 3.63) is 87.6 Å². The SMILES string of the molecule is CC(C)=C1C=CC(/C(=c2/cc/c(=C(\C)c3ccc(/C(=C4/C=CC=N4)C(F)(F)F)[nH]3)[nH]2)C(F)(F)F)=N1. The molecule has 35 heavy (non-hydrogen) atoms. The quantitative estimate of drug-likeness (QED) is 0.535. The first-order valence-corrected chi connectivity index (χ1v) is 10.5. The highest BCUT2D eigenvalue weighted by molar-refractivity contribution is 6.27. The second kappa shape index (κ2) is 8.75. The zero-order valence-electron chi connectivity index (χ0n) is 18.9. The standard InChI is InChI=1S/C25H20F6N4/c1-13(2)15-6-9-20(33-15)23(25(29,30)31)21-11-8-17(35-21)14(3)16-7-10-19(34-16)22(24(26,27)28)18-5-4-12-32-18/h4-12,34-35H,1-3H3/b17-14-,22-18+,23-21+. The monoisotopic (exact) mass is 490 g/mol. The van der Waals surface area contributed by atoms with E-state index in [2.05, 4.69) is 20.0 Å². The fourth-order valence-corrected chi connectivity index (χ4v) is 3.76.